The van der Waals surface area contributed by atoms with Crippen LogP contribution in [0.15, 0.2) is 34.9 Å². The van der Waals surface area contributed by atoms with Crippen molar-refractivity contribution in [1.82, 2.24) is 19.8 Å². The monoisotopic (exact) mass is 406 g/mol. The van der Waals surface area contributed by atoms with Gasteiger partial charge in [-0.3, -0.25) is 14.6 Å². The Hall–Kier alpha value is -1.70. The summed E-state index contributed by atoms with van der Waals surface area (Å²) in [5.74, 6) is -0.184. The average Bonchev–Trinajstić information content (AvgIpc) is 2.98. The summed E-state index contributed by atoms with van der Waals surface area (Å²) in [6.45, 7) is 7.53. The number of aromatic amines is 1. The van der Waals surface area contributed by atoms with E-state index >= 15 is 0 Å². The van der Waals surface area contributed by atoms with Gasteiger partial charge >= 0.3 is 5.97 Å². The molecule has 1 unspecified atom stereocenters. The number of aliphatic carboxylic acids is 1. The van der Waals surface area contributed by atoms with Crippen LogP contribution in [0.3, 0.4) is 0 Å². The largest absolute Gasteiger partial charge is 0.480 e. The second kappa shape index (κ2) is 7.68. The maximum Gasteiger partial charge on any atom is 0.327 e. The zero-order valence-electron chi connectivity index (χ0n) is 14.4. The SMILES string of the molecule is CC(C)N1CCN(C(C(=O)O)c2[nH]c(-c3ccccc3)nc2Br)CC1. The Labute approximate surface area is 156 Å². The molecule has 0 bridgehead atoms. The van der Waals surface area contributed by atoms with Crippen LogP contribution < -0.4 is 0 Å². The minimum Gasteiger partial charge on any atom is -0.480 e. The molecule has 25 heavy (non-hydrogen) atoms. The molecule has 2 N–H and O–H groups in total. The molecule has 0 aliphatic carbocycles. The molecular weight excluding hydrogens is 384 g/mol. The molecule has 0 amide bonds. The third-order valence-electron chi connectivity index (χ3n) is 4.68. The fourth-order valence-electron chi connectivity index (χ4n) is 3.25. The van der Waals surface area contributed by atoms with E-state index in [1.165, 1.54) is 0 Å². The Morgan fingerprint density at radius 1 is 1.16 bits per heavy atom. The van der Waals surface area contributed by atoms with Crippen molar-refractivity contribution in [3.8, 4) is 11.4 Å². The number of rotatable bonds is 5. The number of carboxylic acid groups (broad SMARTS) is 1. The minimum absolute atomic E-state index is 0.481. The third kappa shape index (κ3) is 3.94. The lowest BCUT2D eigenvalue weighted by Gasteiger charge is -2.39. The van der Waals surface area contributed by atoms with E-state index in [-0.39, 0.29) is 0 Å². The van der Waals surface area contributed by atoms with Gasteiger partial charge in [-0.25, -0.2) is 4.98 Å². The second-order valence-electron chi connectivity index (χ2n) is 6.56. The molecule has 2 heterocycles. The quantitative estimate of drug-likeness (QED) is 0.798. The molecule has 0 saturated carbocycles. The van der Waals surface area contributed by atoms with Crippen molar-refractivity contribution in [3.63, 3.8) is 0 Å². The van der Waals surface area contributed by atoms with Crippen molar-refractivity contribution in [2.75, 3.05) is 26.2 Å². The van der Waals surface area contributed by atoms with Crippen LogP contribution in [-0.2, 0) is 4.79 Å². The number of benzene rings is 1. The summed E-state index contributed by atoms with van der Waals surface area (Å²) in [4.78, 5) is 24.1. The summed E-state index contributed by atoms with van der Waals surface area (Å²) in [6.07, 6.45) is 0. The summed E-state index contributed by atoms with van der Waals surface area (Å²) in [5.41, 5.74) is 1.53. The standard InChI is InChI=1S/C18H23BrN4O2/c1-12(2)22-8-10-23(11-9-22)15(18(24)25)14-16(19)21-17(20-14)13-6-4-3-5-7-13/h3-7,12,15H,8-11H2,1-2H3,(H,20,21)(H,24,25). The van der Waals surface area contributed by atoms with E-state index in [0.29, 0.717) is 22.2 Å². The Kier molecular flexibility index (Phi) is 5.56. The zero-order valence-corrected chi connectivity index (χ0v) is 16.0. The van der Waals surface area contributed by atoms with Crippen molar-refractivity contribution in [2.24, 2.45) is 0 Å². The molecule has 0 radical (unpaired) electrons. The molecule has 7 heteroatoms. The van der Waals surface area contributed by atoms with E-state index in [1.807, 2.05) is 35.2 Å². The predicted molar refractivity (Wildman–Crippen MR) is 100 cm³/mol. The molecule has 2 aromatic rings. The van der Waals surface area contributed by atoms with Crippen molar-refractivity contribution >= 4 is 21.9 Å². The summed E-state index contributed by atoms with van der Waals surface area (Å²) in [5, 5.41) is 9.83. The van der Waals surface area contributed by atoms with Gasteiger partial charge in [0.05, 0.1) is 5.69 Å². The Morgan fingerprint density at radius 2 is 1.76 bits per heavy atom. The topological polar surface area (TPSA) is 72.5 Å². The number of carboxylic acids is 1. The second-order valence-corrected chi connectivity index (χ2v) is 7.31. The number of hydrogen-bond donors (Lipinski definition) is 2. The highest BCUT2D eigenvalue weighted by Crippen LogP contribution is 2.30. The van der Waals surface area contributed by atoms with Crippen LogP contribution >= 0.6 is 15.9 Å². The van der Waals surface area contributed by atoms with E-state index in [2.05, 4.69) is 44.6 Å². The number of imidazole rings is 1. The molecule has 1 aromatic heterocycles. The highest BCUT2D eigenvalue weighted by Gasteiger charge is 2.34. The predicted octanol–water partition coefficient (Wildman–Crippen LogP) is 2.99. The van der Waals surface area contributed by atoms with Crippen LogP contribution in [0.5, 0.6) is 0 Å². The number of carbonyl (C=O) groups is 1. The number of nitrogens with zero attached hydrogens (tertiary/aromatic N) is 3. The van der Waals surface area contributed by atoms with Gasteiger partial charge in [0, 0.05) is 37.8 Å². The molecule has 1 aromatic carbocycles. The van der Waals surface area contributed by atoms with Crippen LogP contribution in [0.1, 0.15) is 25.6 Å². The fraction of sp³-hybridized carbons (Fsp3) is 0.444. The first kappa shape index (κ1) is 18.1. The van der Waals surface area contributed by atoms with Gasteiger partial charge in [0.2, 0.25) is 0 Å². The Bertz CT molecular complexity index is 724. The molecule has 1 atom stereocenters. The lowest BCUT2D eigenvalue weighted by Crippen LogP contribution is -2.51. The number of halogens is 1. The first-order chi connectivity index (χ1) is 12.0. The smallest absolute Gasteiger partial charge is 0.327 e. The highest BCUT2D eigenvalue weighted by molar-refractivity contribution is 9.10. The average molecular weight is 407 g/mol. The Morgan fingerprint density at radius 3 is 2.32 bits per heavy atom. The molecule has 3 rings (SSSR count). The maximum atomic E-state index is 12.0. The number of piperazine rings is 1. The molecule has 1 aliphatic rings. The number of nitrogens with one attached hydrogen (secondary N) is 1. The van der Waals surface area contributed by atoms with Crippen LogP contribution in [-0.4, -0.2) is 63.1 Å². The summed E-state index contributed by atoms with van der Waals surface area (Å²) in [7, 11) is 0. The van der Waals surface area contributed by atoms with Crippen molar-refractivity contribution in [3.05, 3.63) is 40.6 Å². The number of aromatic nitrogens is 2. The van der Waals surface area contributed by atoms with Gasteiger partial charge in [-0.05, 0) is 29.8 Å². The first-order valence-electron chi connectivity index (χ1n) is 8.49. The lowest BCUT2D eigenvalue weighted by atomic mass is 10.1. The molecule has 0 spiro atoms. The molecule has 1 fully saturated rings. The van der Waals surface area contributed by atoms with Crippen LogP contribution in [0.2, 0.25) is 0 Å². The maximum absolute atomic E-state index is 12.0. The number of H-pyrrole nitrogens is 1. The third-order valence-corrected chi connectivity index (χ3v) is 5.29. The summed E-state index contributed by atoms with van der Waals surface area (Å²) >= 11 is 3.44. The fourth-order valence-corrected chi connectivity index (χ4v) is 3.75. The van der Waals surface area contributed by atoms with E-state index in [9.17, 15) is 9.90 Å². The van der Waals surface area contributed by atoms with Gasteiger partial charge in [0.1, 0.15) is 10.4 Å². The van der Waals surface area contributed by atoms with Crippen molar-refractivity contribution in [2.45, 2.75) is 25.9 Å². The van der Waals surface area contributed by atoms with Crippen LogP contribution in [0.25, 0.3) is 11.4 Å². The normalized spacial score (nSPS) is 17.8. The Balaban J connectivity index is 1.85. The molecule has 134 valence electrons. The van der Waals surface area contributed by atoms with Gasteiger partial charge in [-0.2, -0.15) is 0 Å². The van der Waals surface area contributed by atoms with E-state index in [0.717, 1.165) is 31.7 Å². The summed E-state index contributed by atoms with van der Waals surface area (Å²) in [6, 6.07) is 9.47. The van der Waals surface area contributed by atoms with Crippen LogP contribution in [0, 0.1) is 0 Å². The molecule has 1 saturated heterocycles. The summed E-state index contributed by atoms with van der Waals surface area (Å²) < 4.78 is 0.560. The van der Waals surface area contributed by atoms with Gasteiger partial charge in [-0.1, -0.05) is 30.3 Å². The van der Waals surface area contributed by atoms with Crippen molar-refractivity contribution in [1.29, 1.82) is 0 Å². The molecule has 6 nitrogen and oxygen atoms in total. The zero-order chi connectivity index (χ0) is 18.0. The van der Waals surface area contributed by atoms with E-state index < -0.39 is 12.0 Å². The lowest BCUT2D eigenvalue weighted by molar-refractivity contribution is -0.144. The van der Waals surface area contributed by atoms with Gasteiger partial charge < -0.3 is 10.1 Å². The number of hydrogen-bond acceptors (Lipinski definition) is 4. The van der Waals surface area contributed by atoms with E-state index in [4.69, 9.17) is 0 Å². The van der Waals surface area contributed by atoms with Gasteiger partial charge in [0.15, 0.2) is 6.04 Å². The van der Waals surface area contributed by atoms with Crippen molar-refractivity contribution < 1.29 is 9.90 Å². The molecule has 1 aliphatic heterocycles. The van der Waals surface area contributed by atoms with Gasteiger partial charge in [-0.15, -0.1) is 0 Å². The van der Waals surface area contributed by atoms with Crippen LogP contribution in [0.4, 0.5) is 0 Å². The highest BCUT2D eigenvalue weighted by atomic mass is 79.9. The molecular formula is C18H23BrN4O2. The first-order valence-corrected chi connectivity index (χ1v) is 9.28. The van der Waals surface area contributed by atoms with Gasteiger partial charge in [0.25, 0.3) is 0 Å². The minimum atomic E-state index is -0.859. The van der Waals surface area contributed by atoms with E-state index in [1.54, 1.807) is 0 Å².